The first-order valence-corrected chi connectivity index (χ1v) is 4.30. The number of ether oxygens (including phenoxy) is 1. The number of hydrogen-bond acceptors (Lipinski definition) is 5. The fourth-order valence-corrected chi connectivity index (χ4v) is 1.14. The molecule has 0 saturated heterocycles. The van der Waals surface area contributed by atoms with E-state index in [2.05, 4.69) is 20.2 Å². The lowest BCUT2D eigenvalue weighted by molar-refractivity contribution is 0.236. The zero-order valence-corrected chi connectivity index (χ0v) is 7.98. The number of fused-ring (bicyclic) bond motifs is 1. The average molecular weight is 193 g/mol. The summed E-state index contributed by atoms with van der Waals surface area (Å²) >= 11 is 0. The summed E-state index contributed by atoms with van der Waals surface area (Å²) in [6.45, 7) is 3.84. The van der Waals surface area contributed by atoms with Crippen LogP contribution in [0.15, 0.2) is 6.20 Å². The Bertz CT molecular complexity index is 450. The second-order valence-electron chi connectivity index (χ2n) is 3.19. The first-order chi connectivity index (χ1) is 6.66. The van der Waals surface area contributed by atoms with Crippen LogP contribution in [0.2, 0.25) is 0 Å². The van der Waals surface area contributed by atoms with Crippen LogP contribution >= 0.6 is 0 Å². The monoisotopic (exact) mass is 193 g/mol. The lowest BCUT2D eigenvalue weighted by Crippen LogP contribution is -2.08. The van der Waals surface area contributed by atoms with Crippen LogP contribution in [-0.2, 0) is 0 Å². The summed E-state index contributed by atoms with van der Waals surface area (Å²) in [5, 5.41) is 7.30. The molecule has 2 heterocycles. The summed E-state index contributed by atoms with van der Waals surface area (Å²) in [6.07, 6.45) is 1.66. The molecule has 0 aliphatic heterocycles. The zero-order chi connectivity index (χ0) is 10.1. The standard InChI is InChI=1S/C8H11N5O/c1-4(2)14-7-5-3-10-13-6(5)11-8(9)12-7/h3-4H,1-2H3,(H3,9,10,11,12,13). The van der Waals surface area contributed by atoms with Crippen LogP contribution in [0.5, 0.6) is 5.88 Å². The van der Waals surface area contributed by atoms with E-state index in [0.29, 0.717) is 11.5 Å². The molecule has 0 aromatic carbocycles. The Morgan fingerprint density at radius 2 is 2.21 bits per heavy atom. The lowest BCUT2D eigenvalue weighted by atomic mass is 10.4. The van der Waals surface area contributed by atoms with Crippen molar-refractivity contribution in [3.05, 3.63) is 6.20 Å². The van der Waals surface area contributed by atoms with Crippen LogP contribution in [0.3, 0.4) is 0 Å². The molecule has 0 unspecified atom stereocenters. The second kappa shape index (κ2) is 3.13. The summed E-state index contributed by atoms with van der Waals surface area (Å²) in [6, 6.07) is 0. The highest BCUT2D eigenvalue weighted by Crippen LogP contribution is 2.21. The number of hydrogen-bond donors (Lipinski definition) is 2. The molecular formula is C8H11N5O. The molecule has 2 rings (SSSR count). The maximum absolute atomic E-state index is 5.51. The predicted octanol–water partition coefficient (Wildman–Crippen LogP) is 0.722. The number of nitrogens with zero attached hydrogens (tertiary/aromatic N) is 3. The normalized spacial score (nSPS) is 11.1. The van der Waals surface area contributed by atoms with Gasteiger partial charge in [0.25, 0.3) is 0 Å². The van der Waals surface area contributed by atoms with Gasteiger partial charge in [0.05, 0.1) is 12.3 Å². The van der Waals surface area contributed by atoms with Gasteiger partial charge in [-0.2, -0.15) is 15.1 Å². The molecule has 14 heavy (non-hydrogen) atoms. The molecular weight excluding hydrogens is 182 g/mol. The van der Waals surface area contributed by atoms with E-state index in [9.17, 15) is 0 Å². The van der Waals surface area contributed by atoms with Crippen molar-refractivity contribution in [2.75, 3.05) is 5.73 Å². The Kier molecular flexibility index (Phi) is 1.95. The SMILES string of the molecule is CC(C)Oc1nc(N)nc2[nH]ncc12. The van der Waals surface area contributed by atoms with E-state index in [1.165, 1.54) is 0 Å². The predicted molar refractivity (Wildman–Crippen MR) is 51.9 cm³/mol. The van der Waals surface area contributed by atoms with E-state index >= 15 is 0 Å². The second-order valence-corrected chi connectivity index (χ2v) is 3.19. The van der Waals surface area contributed by atoms with Gasteiger partial charge in [0.15, 0.2) is 5.65 Å². The summed E-state index contributed by atoms with van der Waals surface area (Å²) < 4.78 is 5.48. The van der Waals surface area contributed by atoms with Crippen LogP contribution < -0.4 is 10.5 Å². The van der Waals surface area contributed by atoms with Crippen LogP contribution in [0.1, 0.15) is 13.8 Å². The van der Waals surface area contributed by atoms with E-state index in [0.717, 1.165) is 5.39 Å². The fourth-order valence-electron chi connectivity index (χ4n) is 1.14. The van der Waals surface area contributed by atoms with Crippen molar-refractivity contribution in [3.63, 3.8) is 0 Å². The Morgan fingerprint density at radius 3 is 2.93 bits per heavy atom. The highest BCUT2D eigenvalue weighted by molar-refractivity contribution is 5.80. The van der Waals surface area contributed by atoms with E-state index in [4.69, 9.17) is 10.5 Å². The maximum atomic E-state index is 5.51. The Labute approximate surface area is 80.5 Å². The maximum Gasteiger partial charge on any atom is 0.229 e. The minimum atomic E-state index is 0.0439. The quantitative estimate of drug-likeness (QED) is 0.733. The van der Waals surface area contributed by atoms with Crippen molar-refractivity contribution in [3.8, 4) is 5.88 Å². The van der Waals surface area contributed by atoms with Crippen molar-refractivity contribution in [2.45, 2.75) is 20.0 Å². The first kappa shape index (κ1) is 8.74. The number of nitrogen functional groups attached to an aromatic ring is 1. The molecule has 0 radical (unpaired) electrons. The van der Waals surface area contributed by atoms with Crippen molar-refractivity contribution in [2.24, 2.45) is 0 Å². The third kappa shape index (κ3) is 1.46. The molecule has 2 aromatic heterocycles. The van der Waals surface area contributed by atoms with E-state index in [-0.39, 0.29) is 12.1 Å². The highest BCUT2D eigenvalue weighted by Gasteiger charge is 2.09. The number of aromatic amines is 1. The number of H-pyrrole nitrogens is 1. The van der Waals surface area contributed by atoms with Crippen molar-refractivity contribution >= 4 is 17.0 Å². The number of aromatic nitrogens is 4. The molecule has 6 heteroatoms. The molecule has 0 atom stereocenters. The number of anilines is 1. The Morgan fingerprint density at radius 1 is 1.43 bits per heavy atom. The topological polar surface area (TPSA) is 89.7 Å². The third-order valence-electron chi connectivity index (χ3n) is 1.64. The van der Waals surface area contributed by atoms with Gasteiger partial charge in [0, 0.05) is 0 Å². The number of nitrogens with two attached hydrogens (primary N) is 1. The van der Waals surface area contributed by atoms with Gasteiger partial charge >= 0.3 is 0 Å². The van der Waals surface area contributed by atoms with Gasteiger partial charge in [-0.05, 0) is 13.8 Å². The van der Waals surface area contributed by atoms with Gasteiger partial charge in [-0.25, -0.2) is 0 Å². The molecule has 3 N–H and O–H groups in total. The minimum Gasteiger partial charge on any atom is -0.474 e. The molecule has 6 nitrogen and oxygen atoms in total. The zero-order valence-electron chi connectivity index (χ0n) is 7.98. The minimum absolute atomic E-state index is 0.0439. The molecule has 0 aliphatic rings. The molecule has 0 saturated carbocycles. The molecule has 74 valence electrons. The van der Waals surface area contributed by atoms with E-state index in [1.54, 1.807) is 6.20 Å². The summed E-state index contributed by atoms with van der Waals surface area (Å²) in [4.78, 5) is 7.97. The fraction of sp³-hybridized carbons (Fsp3) is 0.375. The van der Waals surface area contributed by atoms with Crippen molar-refractivity contribution < 1.29 is 4.74 Å². The Balaban J connectivity index is 2.55. The van der Waals surface area contributed by atoms with Gasteiger partial charge in [-0.1, -0.05) is 0 Å². The molecule has 0 aliphatic carbocycles. The van der Waals surface area contributed by atoms with Gasteiger partial charge in [0.2, 0.25) is 11.8 Å². The van der Waals surface area contributed by atoms with Gasteiger partial charge in [-0.3, -0.25) is 5.10 Å². The smallest absolute Gasteiger partial charge is 0.229 e. The third-order valence-corrected chi connectivity index (χ3v) is 1.64. The molecule has 0 spiro atoms. The number of rotatable bonds is 2. The van der Waals surface area contributed by atoms with Crippen LogP contribution in [0.25, 0.3) is 11.0 Å². The largest absolute Gasteiger partial charge is 0.474 e. The molecule has 2 aromatic rings. The van der Waals surface area contributed by atoms with Gasteiger partial charge in [0.1, 0.15) is 5.39 Å². The average Bonchev–Trinajstić information content (AvgIpc) is 2.50. The lowest BCUT2D eigenvalue weighted by Gasteiger charge is -2.08. The summed E-state index contributed by atoms with van der Waals surface area (Å²) in [5.41, 5.74) is 6.10. The van der Waals surface area contributed by atoms with Crippen LogP contribution in [0, 0.1) is 0 Å². The van der Waals surface area contributed by atoms with Crippen LogP contribution in [-0.4, -0.2) is 26.3 Å². The van der Waals surface area contributed by atoms with Crippen LogP contribution in [0.4, 0.5) is 5.95 Å². The molecule has 0 bridgehead atoms. The summed E-state index contributed by atoms with van der Waals surface area (Å²) in [5.74, 6) is 0.647. The Hall–Kier alpha value is -1.85. The van der Waals surface area contributed by atoms with Crippen molar-refractivity contribution in [1.29, 1.82) is 0 Å². The summed E-state index contributed by atoms with van der Waals surface area (Å²) in [7, 11) is 0. The highest BCUT2D eigenvalue weighted by atomic mass is 16.5. The molecule has 0 amide bonds. The van der Waals surface area contributed by atoms with Crippen molar-refractivity contribution in [1.82, 2.24) is 20.2 Å². The van der Waals surface area contributed by atoms with Gasteiger partial charge < -0.3 is 10.5 Å². The van der Waals surface area contributed by atoms with E-state index < -0.39 is 0 Å². The van der Waals surface area contributed by atoms with Gasteiger partial charge in [-0.15, -0.1) is 0 Å². The molecule has 0 fully saturated rings. The van der Waals surface area contributed by atoms with E-state index in [1.807, 2.05) is 13.8 Å². The first-order valence-electron chi connectivity index (χ1n) is 4.30. The number of nitrogens with one attached hydrogen (secondary N) is 1.